The smallest absolute Gasteiger partial charge is 0.274 e. The van der Waals surface area contributed by atoms with Crippen LogP contribution in [-0.2, 0) is 4.79 Å². The average molecular weight is 473 g/mol. The zero-order valence-electron chi connectivity index (χ0n) is 18.3. The number of likely N-dealkylation sites (N-methyl/N-ethyl adjacent to an activating group) is 1. The summed E-state index contributed by atoms with van der Waals surface area (Å²) in [6.07, 6.45) is 1.91. The van der Waals surface area contributed by atoms with Crippen molar-refractivity contribution in [2.75, 3.05) is 19.3 Å². The molecule has 5 rings (SSSR count). The number of anilines is 1. The summed E-state index contributed by atoms with van der Waals surface area (Å²) in [4.78, 5) is 40.1. The fourth-order valence-electron chi connectivity index (χ4n) is 4.11. The van der Waals surface area contributed by atoms with E-state index >= 15 is 0 Å². The molecule has 1 aliphatic rings. The van der Waals surface area contributed by atoms with Gasteiger partial charge >= 0.3 is 0 Å². The molecule has 1 saturated heterocycles. The molecule has 1 aliphatic heterocycles. The number of nitrogens with two attached hydrogens (primary N) is 1. The number of nitrogens with zero attached hydrogens (tertiary/aromatic N) is 4. The number of aromatic nitrogens is 3. The highest BCUT2D eigenvalue weighted by Crippen LogP contribution is 2.34. The number of nitrogen functional groups attached to an aromatic ring is 1. The number of benzene rings is 2. The molecular formula is C25H21ClN6O2. The van der Waals surface area contributed by atoms with E-state index in [0.29, 0.717) is 34.0 Å². The number of carbonyl (C=O) groups excluding carboxylic acids is 2. The molecule has 9 heteroatoms. The molecule has 0 bridgehead atoms. The van der Waals surface area contributed by atoms with Gasteiger partial charge in [0.15, 0.2) is 11.5 Å². The fourth-order valence-corrected chi connectivity index (χ4v) is 4.39. The van der Waals surface area contributed by atoms with E-state index < -0.39 is 5.91 Å². The number of nitrogens with one attached hydrogen (secondary N) is 1. The molecule has 4 aromatic rings. The molecule has 1 unspecified atom stereocenters. The van der Waals surface area contributed by atoms with E-state index in [2.05, 4.69) is 20.3 Å². The highest BCUT2D eigenvalue weighted by atomic mass is 35.5. The van der Waals surface area contributed by atoms with Gasteiger partial charge in [-0.3, -0.25) is 14.6 Å². The Bertz CT molecular complexity index is 1430. The number of pyridine rings is 1. The van der Waals surface area contributed by atoms with Crippen LogP contribution in [0.1, 0.15) is 16.9 Å². The van der Waals surface area contributed by atoms with Crippen LogP contribution in [0.3, 0.4) is 0 Å². The molecule has 0 radical (unpaired) electrons. The molecule has 8 nitrogen and oxygen atoms in total. The summed E-state index contributed by atoms with van der Waals surface area (Å²) < 4.78 is 0. The van der Waals surface area contributed by atoms with Crippen molar-refractivity contribution in [1.82, 2.24) is 25.2 Å². The van der Waals surface area contributed by atoms with Crippen molar-refractivity contribution >= 4 is 40.1 Å². The summed E-state index contributed by atoms with van der Waals surface area (Å²) in [7, 11) is 1.70. The molecule has 170 valence electrons. The second-order valence-corrected chi connectivity index (χ2v) is 8.61. The van der Waals surface area contributed by atoms with Gasteiger partial charge in [-0.15, -0.1) is 0 Å². The molecular weight excluding hydrogens is 452 g/mol. The van der Waals surface area contributed by atoms with Gasteiger partial charge in [0.2, 0.25) is 5.91 Å². The highest BCUT2D eigenvalue weighted by molar-refractivity contribution is 6.35. The maximum absolute atomic E-state index is 13.1. The Balaban J connectivity index is 1.63. The number of hydrogen-bond acceptors (Lipinski definition) is 6. The fraction of sp³-hybridized carbons (Fsp3) is 0.160. The third kappa shape index (κ3) is 4.04. The quantitative estimate of drug-likeness (QED) is 0.469. The molecule has 1 atom stereocenters. The van der Waals surface area contributed by atoms with Crippen molar-refractivity contribution in [1.29, 1.82) is 0 Å². The first-order valence-corrected chi connectivity index (χ1v) is 11.1. The standard InChI is InChI=1S/C25H21ClN6O2/c1-32-13-17(12-19(32)33)29-25(34)23-24(27)31-21(14-6-3-2-4-7-14)22(30-23)16-10-15-8-5-9-28-20(15)18(26)11-16/h2-11,17H,12-13H2,1H3,(H2,27,31)(H,29,34). The Morgan fingerprint density at radius 1 is 1.09 bits per heavy atom. The number of fused-ring (bicyclic) bond motifs is 1. The minimum atomic E-state index is -0.479. The van der Waals surface area contributed by atoms with E-state index in [4.69, 9.17) is 17.3 Å². The van der Waals surface area contributed by atoms with E-state index in [1.165, 1.54) is 0 Å². The van der Waals surface area contributed by atoms with Crippen LogP contribution in [0.2, 0.25) is 5.02 Å². The molecule has 0 saturated carbocycles. The Kier molecular flexibility index (Phi) is 5.59. The third-order valence-electron chi connectivity index (χ3n) is 5.79. The highest BCUT2D eigenvalue weighted by Gasteiger charge is 2.29. The number of likely N-dealkylation sites (tertiary alicyclic amines) is 1. The largest absolute Gasteiger partial charge is 0.382 e. The van der Waals surface area contributed by atoms with E-state index in [9.17, 15) is 9.59 Å². The number of halogens is 1. The first-order valence-electron chi connectivity index (χ1n) is 10.7. The van der Waals surface area contributed by atoms with Gasteiger partial charge in [-0.25, -0.2) is 9.97 Å². The number of rotatable bonds is 4. The first-order chi connectivity index (χ1) is 16.4. The SMILES string of the molecule is CN1CC(NC(=O)c2nc(-c3cc(Cl)c4ncccc4c3)c(-c3ccccc3)nc2N)CC1=O. The normalized spacial score (nSPS) is 15.6. The van der Waals surface area contributed by atoms with Crippen LogP contribution in [0.25, 0.3) is 33.4 Å². The van der Waals surface area contributed by atoms with Crippen molar-refractivity contribution in [2.24, 2.45) is 0 Å². The third-order valence-corrected chi connectivity index (χ3v) is 6.08. The number of amides is 2. The summed E-state index contributed by atoms with van der Waals surface area (Å²) in [5, 5.41) is 4.15. The van der Waals surface area contributed by atoms with Gasteiger partial charge in [-0.1, -0.05) is 48.0 Å². The van der Waals surface area contributed by atoms with E-state index in [1.807, 2.05) is 48.5 Å². The number of carbonyl (C=O) groups is 2. The Morgan fingerprint density at radius 3 is 2.59 bits per heavy atom. The van der Waals surface area contributed by atoms with E-state index in [0.717, 1.165) is 10.9 Å². The van der Waals surface area contributed by atoms with Gasteiger partial charge in [0.25, 0.3) is 5.91 Å². The number of hydrogen-bond donors (Lipinski definition) is 2. The van der Waals surface area contributed by atoms with Crippen molar-refractivity contribution in [3.63, 3.8) is 0 Å². The minimum absolute atomic E-state index is 0.000843. The van der Waals surface area contributed by atoms with Crippen LogP contribution in [0.5, 0.6) is 0 Å². The van der Waals surface area contributed by atoms with E-state index in [1.54, 1.807) is 24.2 Å². The summed E-state index contributed by atoms with van der Waals surface area (Å²) in [5.74, 6) is -0.497. The molecule has 0 aliphatic carbocycles. The van der Waals surface area contributed by atoms with Crippen LogP contribution in [-0.4, -0.2) is 51.3 Å². The molecule has 34 heavy (non-hydrogen) atoms. The Morgan fingerprint density at radius 2 is 1.85 bits per heavy atom. The predicted octanol–water partition coefficient (Wildman–Crippen LogP) is 3.55. The zero-order valence-corrected chi connectivity index (χ0v) is 19.1. The topological polar surface area (TPSA) is 114 Å². The summed E-state index contributed by atoms with van der Waals surface area (Å²) >= 11 is 6.53. The van der Waals surface area contributed by atoms with Crippen molar-refractivity contribution < 1.29 is 9.59 Å². The van der Waals surface area contributed by atoms with Gasteiger partial charge in [-0.2, -0.15) is 0 Å². The van der Waals surface area contributed by atoms with E-state index in [-0.39, 0.29) is 29.9 Å². The molecule has 2 aromatic carbocycles. The monoisotopic (exact) mass is 472 g/mol. The summed E-state index contributed by atoms with van der Waals surface area (Å²) in [6, 6.07) is 16.6. The molecule has 3 heterocycles. The van der Waals surface area contributed by atoms with Crippen molar-refractivity contribution in [3.05, 3.63) is 71.5 Å². The lowest BCUT2D eigenvalue weighted by atomic mass is 10.0. The van der Waals surface area contributed by atoms with Gasteiger partial charge in [0.05, 0.1) is 28.0 Å². The second-order valence-electron chi connectivity index (χ2n) is 8.20. The predicted molar refractivity (Wildman–Crippen MR) is 131 cm³/mol. The van der Waals surface area contributed by atoms with Crippen LogP contribution in [0.15, 0.2) is 60.8 Å². The lowest BCUT2D eigenvalue weighted by Gasteiger charge is -2.16. The van der Waals surface area contributed by atoms with Gasteiger partial charge < -0.3 is 16.0 Å². The van der Waals surface area contributed by atoms with Gasteiger partial charge in [0, 0.05) is 42.7 Å². The van der Waals surface area contributed by atoms with Gasteiger partial charge in [0.1, 0.15) is 0 Å². The molecule has 2 aromatic heterocycles. The summed E-state index contributed by atoms with van der Waals surface area (Å²) in [6.45, 7) is 0.431. The Hall–Kier alpha value is -4.04. The van der Waals surface area contributed by atoms with Crippen molar-refractivity contribution in [3.8, 4) is 22.5 Å². The maximum atomic E-state index is 13.1. The lowest BCUT2D eigenvalue weighted by molar-refractivity contribution is -0.126. The van der Waals surface area contributed by atoms with Crippen LogP contribution >= 0.6 is 11.6 Å². The molecule has 2 amide bonds. The minimum Gasteiger partial charge on any atom is -0.382 e. The molecule has 1 fully saturated rings. The van der Waals surface area contributed by atoms with Crippen LogP contribution in [0, 0.1) is 0 Å². The molecule has 0 spiro atoms. The first kappa shape index (κ1) is 21.8. The lowest BCUT2D eigenvalue weighted by Crippen LogP contribution is -2.37. The van der Waals surface area contributed by atoms with Crippen LogP contribution in [0.4, 0.5) is 5.82 Å². The van der Waals surface area contributed by atoms with Crippen LogP contribution < -0.4 is 11.1 Å². The Labute approximate surface area is 200 Å². The zero-order chi connectivity index (χ0) is 23.8. The second kappa shape index (κ2) is 8.72. The molecule has 3 N–H and O–H groups in total. The maximum Gasteiger partial charge on any atom is 0.274 e. The summed E-state index contributed by atoms with van der Waals surface area (Å²) in [5.41, 5.74) is 9.36. The average Bonchev–Trinajstić information content (AvgIpc) is 3.15. The van der Waals surface area contributed by atoms with Crippen molar-refractivity contribution in [2.45, 2.75) is 12.5 Å². The van der Waals surface area contributed by atoms with Gasteiger partial charge in [-0.05, 0) is 18.2 Å².